The highest BCUT2D eigenvalue weighted by Gasteiger charge is 2.21. The van der Waals surface area contributed by atoms with E-state index in [4.69, 9.17) is 14.2 Å². The Kier molecular flexibility index (Phi) is 6.91. The first-order valence-electron chi connectivity index (χ1n) is 9.53. The summed E-state index contributed by atoms with van der Waals surface area (Å²) in [5.74, 6) is 0.543. The highest BCUT2D eigenvalue weighted by molar-refractivity contribution is 7.16. The topological polar surface area (TPSA) is 115 Å². The number of H-pyrrole nitrogens is 1. The number of amides is 1. The quantitative estimate of drug-likeness (QED) is 0.508. The van der Waals surface area contributed by atoms with Crippen molar-refractivity contribution in [3.05, 3.63) is 40.5 Å². The number of carbonyl (C=O) groups excluding carboxylic acids is 2. The second-order valence-corrected chi connectivity index (χ2v) is 8.15. The molecule has 2 N–H and O–H groups in total. The number of thiazole rings is 1. The number of carbonyl (C=O) groups is 2. The van der Waals surface area contributed by atoms with Crippen LogP contribution in [-0.2, 0) is 11.2 Å². The number of benzene rings is 1. The van der Waals surface area contributed by atoms with Crippen LogP contribution in [0.2, 0.25) is 0 Å². The summed E-state index contributed by atoms with van der Waals surface area (Å²) < 4.78 is 15.4. The number of ether oxygens (including phenoxy) is 3. The van der Waals surface area contributed by atoms with Crippen LogP contribution in [0.4, 0.5) is 5.13 Å². The van der Waals surface area contributed by atoms with Crippen molar-refractivity contribution >= 4 is 28.3 Å². The van der Waals surface area contributed by atoms with Gasteiger partial charge < -0.3 is 14.2 Å². The summed E-state index contributed by atoms with van der Waals surface area (Å²) in [6.07, 6.45) is 0.658. The molecule has 0 spiro atoms. The molecular formula is C21H24N4O5S. The number of hydrogen-bond acceptors (Lipinski definition) is 8. The van der Waals surface area contributed by atoms with Crippen LogP contribution in [0.15, 0.2) is 24.3 Å². The van der Waals surface area contributed by atoms with E-state index in [1.54, 1.807) is 32.4 Å². The molecule has 31 heavy (non-hydrogen) atoms. The molecule has 10 heteroatoms. The molecule has 0 atom stereocenters. The Morgan fingerprint density at radius 2 is 1.87 bits per heavy atom. The monoisotopic (exact) mass is 444 g/mol. The number of aromatic nitrogens is 3. The normalized spacial score (nSPS) is 10.8. The molecule has 0 fully saturated rings. The van der Waals surface area contributed by atoms with Gasteiger partial charge in [-0.05, 0) is 36.6 Å². The van der Waals surface area contributed by atoms with Crippen molar-refractivity contribution in [2.24, 2.45) is 5.92 Å². The fourth-order valence-electron chi connectivity index (χ4n) is 2.92. The van der Waals surface area contributed by atoms with Gasteiger partial charge >= 0.3 is 5.97 Å². The lowest BCUT2D eigenvalue weighted by Crippen LogP contribution is -2.12. The van der Waals surface area contributed by atoms with Crippen LogP contribution >= 0.6 is 11.3 Å². The Bertz CT molecular complexity index is 1090. The molecule has 1 amide bonds. The van der Waals surface area contributed by atoms with Gasteiger partial charge in [-0.3, -0.25) is 15.2 Å². The van der Waals surface area contributed by atoms with Crippen molar-refractivity contribution in [3.63, 3.8) is 0 Å². The predicted molar refractivity (Wildman–Crippen MR) is 117 cm³/mol. The molecular weight excluding hydrogens is 420 g/mol. The van der Waals surface area contributed by atoms with Crippen molar-refractivity contribution in [3.8, 4) is 22.8 Å². The van der Waals surface area contributed by atoms with Crippen molar-refractivity contribution < 1.29 is 23.8 Å². The van der Waals surface area contributed by atoms with E-state index in [9.17, 15) is 9.59 Å². The zero-order chi connectivity index (χ0) is 22.5. The van der Waals surface area contributed by atoms with Crippen LogP contribution < -0.4 is 14.8 Å². The van der Waals surface area contributed by atoms with Crippen molar-refractivity contribution in [1.29, 1.82) is 0 Å². The summed E-state index contributed by atoms with van der Waals surface area (Å²) in [4.78, 5) is 29.7. The fraction of sp³-hybridized carbons (Fsp3) is 0.333. The lowest BCUT2D eigenvalue weighted by Gasteiger charge is -2.08. The lowest BCUT2D eigenvalue weighted by atomic mass is 10.1. The maximum absolute atomic E-state index is 12.7. The number of hydrogen-bond donors (Lipinski definition) is 2. The van der Waals surface area contributed by atoms with E-state index in [0.29, 0.717) is 34.7 Å². The first kappa shape index (κ1) is 22.3. The Labute approximate surface area is 183 Å². The largest absolute Gasteiger partial charge is 0.493 e. The standard InChI is InChI=1S/C21H24N4O5S/c1-11(2)8-17-18(20(27)30-5)22-21(31-17)23-19(26)14-10-13(24-25-14)12-6-7-15(28-3)16(9-12)29-4/h6-7,9-11H,8H2,1-5H3,(H,24,25)(H,22,23,26). The fourth-order valence-corrected chi connectivity index (χ4v) is 4.07. The van der Waals surface area contributed by atoms with Crippen LogP contribution in [0, 0.1) is 5.92 Å². The minimum absolute atomic E-state index is 0.229. The molecule has 3 rings (SSSR count). The molecule has 1 aromatic carbocycles. The molecule has 0 bridgehead atoms. The van der Waals surface area contributed by atoms with E-state index in [1.165, 1.54) is 18.4 Å². The zero-order valence-corrected chi connectivity index (χ0v) is 18.8. The number of methoxy groups -OCH3 is 3. The third-order valence-electron chi connectivity index (χ3n) is 4.39. The van der Waals surface area contributed by atoms with Gasteiger partial charge in [0.2, 0.25) is 0 Å². The van der Waals surface area contributed by atoms with Gasteiger partial charge in [0, 0.05) is 10.4 Å². The molecule has 164 valence electrons. The second kappa shape index (κ2) is 9.61. The van der Waals surface area contributed by atoms with E-state index in [-0.39, 0.29) is 11.4 Å². The molecule has 0 radical (unpaired) electrons. The number of nitrogens with zero attached hydrogens (tertiary/aromatic N) is 2. The van der Waals surface area contributed by atoms with E-state index >= 15 is 0 Å². The maximum atomic E-state index is 12.7. The number of esters is 1. The van der Waals surface area contributed by atoms with Gasteiger partial charge in [-0.25, -0.2) is 9.78 Å². The Morgan fingerprint density at radius 3 is 2.52 bits per heavy atom. The highest BCUT2D eigenvalue weighted by atomic mass is 32.1. The van der Waals surface area contributed by atoms with Crippen molar-refractivity contribution in [2.45, 2.75) is 20.3 Å². The maximum Gasteiger partial charge on any atom is 0.357 e. The van der Waals surface area contributed by atoms with Crippen LogP contribution in [0.3, 0.4) is 0 Å². The van der Waals surface area contributed by atoms with Crippen molar-refractivity contribution in [1.82, 2.24) is 15.2 Å². The average Bonchev–Trinajstić information content (AvgIpc) is 3.39. The number of aromatic amines is 1. The summed E-state index contributed by atoms with van der Waals surface area (Å²) in [5, 5.41) is 9.98. The summed E-state index contributed by atoms with van der Waals surface area (Å²) in [7, 11) is 4.42. The van der Waals surface area contributed by atoms with Crippen molar-refractivity contribution in [2.75, 3.05) is 26.6 Å². The molecule has 0 saturated heterocycles. The van der Waals surface area contributed by atoms with Crippen LogP contribution in [-0.4, -0.2) is 48.4 Å². The van der Waals surface area contributed by atoms with E-state index < -0.39 is 11.9 Å². The Balaban J connectivity index is 1.80. The van der Waals surface area contributed by atoms with Crippen LogP contribution in [0.1, 0.15) is 39.7 Å². The van der Waals surface area contributed by atoms with Gasteiger partial charge in [-0.2, -0.15) is 5.10 Å². The molecule has 2 heterocycles. The van der Waals surface area contributed by atoms with Gasteiger partial charge in [0.15, 0.2) is 22.3 Å². The van der Waals surface area contributed by atoms with Gasteiger partial charge in [-0.1, -0.05) is 13.8 Å². The number of rotatable bonds is 8. The summed E-state index contributed by atoms with van der Waals surface area (Å²) >= 11 is 1.26. The average molecular weight is 445 g/mol. The molecule has 2 aromatic heterocycles. The van der Waals surface area contributed by atoms with E-state index in [0.717, 1.165) is 10.4 Å². The van der Waals surface area contributed by atoms with Gasteiger partial charge in [0.05, 0.1) is 27.0 Å². The molecule has 0 unspecified atom stereocenters. The Morgan fingerprint density at radius 1 is 1.13 bits per heavy atom. The molecule has 0 saturated carbocycles. The van der Waals surface area contributed by atoms with Crippen LogP contribution in [0.5, 0.6) is 11.5 Å². The number of nitrogens with one attached hydrogen (secondary N) is 2. The first-order valence-corrected chi connectivity index (χ1v) is 10.3. The molecule has 9 nitrogen and oxygen atoms in total. The minimum atomic E-state index is -0.523. The summed E-state index contributed by atoms with van der Waals surface area (Å²) in [6.45, 7) is 4.08. The molecule has 0 aliphatic rings. The SMILES string of the molecule is COC(=O)c1nc(NC(=O)c2cc(-c3ccc(OC)c(OC)c3)n[nH]2)sc1CC(C)C. The van der Waals surface area contributed by atoms with Gasteiger partial charge in [0.1, 0.15) is 5.69 Å². The zero-order valence-electron chi connectivity index (χ0n) is 17.9. The minimum Gasteiger partial charge on any atom is -0.493 e. The number of anilines is 1. The van der Waals surface area contributed by atoms with Gasteiger partial charge in [-0.15, -0.1) is 11.3 Å². The molecule has 0 aliphatic carbocycles. The second-order valence-electron chi connectivity index (χ2n) is 7.07. The highest BCUT2D eigenvalue weighted by Crippen LogP contribution is 2.32. The summed E-state index contributed by atoms with van der Waals surface area (Å²) in [5.41, 5.74) is 1.81. The lowest BCUT2D eigenvalue weighted by molar-refractivity contribution is 0.0593. The first-order chi connectivity index (χ1) is 14.9. The summed E-state index contributed by atoms with van der Waals surface area (Å²) in [6, 6.07) is 6.99. The Hall–Kier alpha value is -3.40. The van der Waals surface area contributed by atoms with E-state index in [2.05, 4.69) is 20.5 Å². The van der Waals surface area contributed by atoms with E-state index in [1.807, 2.05) is 19.9 Å². The molecule has 3 aromatic rings. The molecule has 0 aliphatic heterocycles. The predicted octanol–water partition coefficient (Wildman–Crippen LogP) is 3.79. The third kappa shape index (κ3) is 5.02. The third-order valence-corrected chi connectivity index (χ3v) is 5.39. The van der Waals surface area contributed by atoms with Crippen LogP contribution in [0.25, 0.3) is 11.3 Å². The smallest absolute Gasteiger partial charge is 0.357 e. The van der Waals surface area contributed by atoms with Gasteiger partial charge in [0.25, 0.3) is 5.91 Å².